The molecule has 0 aliphatic heterocycles. The Hall–Kier alpha value is -1.27. The maximum atomic E-state index is 11.0. The van der Waals surface area contributed by atoms with Crippen LogP contribution in [-0.4, -0.2) is 46.9 Å². The minimum Gasteiger partial charge on any atom is -0.493 e. The van der Waals surface area contributed by atoms with E-state index in [1.165, 1.54) is 0 Å². The summed E-state index contributed by atoms with van der Waals surface area (Å²) in [4.78, 5) is 4.18. The van der Waals surface area contributed by atoms with Gasteiger partial charge in [0.15, 0.2) is 17.5 Å². The van der Waals surface area contributed by atoms with Crippen LogP contribution in [0.15, 0.2) is 23.2 Å². The van der Waals surface area contributed by atoms with Gasteiger partial charge in [0.05, 0.1) is 26.0 Å². The van der Waals surface area contributed by atoms with Gasteiger partial charge < -0.3 is 20.1 Å². The van der Waals surface area contributed by atoms with E-state index in [0.29, 0.717) is 30.6 Å². The van der Waals surface area contributed by atoms with Crippen LogP contribution in [0.1, 0.15) is 13.8 Å². The Morgan fingerprint density at radius 3 is 2.54 bits per heavy atom. The number of sulfonamides is 1. The lowest BCUT2D eigenvalue weighted by molar-refractivity contribution is 0.311. The lowest BCUT2D eigenvalue weighted by Gasteiger charge is -2.14. The summed E-state index contributed by atoms with van der Waals surface area (Å²) >= 11 is 0. The van der Waals surface area contributed by atoms with Crippen molar-refractivity contribution in [3.8, 4) is 11.5 Å². The van der Waals surface area contributed by atoms with Crippen molar-refractivity contribution in [2.45, 2.75) is 13.8 Å². The molecule has 10 heteroatoms. The summed E-state index contributed by atoms with van der Waals surface area (Å²) in [6, 6.07) is 5.38. The van der Waals surface area contributed by atoms with Crippen LogP contribution in [0, 0.1) is 0 Å². The number of nitrogens with one attached hydrogen (secondary N) is 2. The lowest BCUT2D eigenvalue weighted by Crippen LogP contribution is -2.31. The van der Waals surface area contributed by atoms with E-state index < -0.39 is 10.0 Å². The summed E-state index contributed by atoms with van der Waals surface area (Å²) < 4.78 is 32.6. The van der Waals surface area contributed by atoms with Crippen molar-refractivity contribution in [1.29, 1.82) is 0 Å². The highest BCUT2D eigenvalue weighted by molar-refractivity contribution is 14.0. The largest absolute Gasteiger partial charge is 0.493 e. The number of primary sulfonamides is 1. The summed E-state index contributed by atoms with van der Waals surface area (Å²) in [5.41, 5.74) is 0.740. The van der Waals surface area contributed by atoms with E-state index in [2.05, 4.69) is 15.6 Å². The molecule has 0 bridgehead atoms. The van der Waals surface area contributed by atoms with E-state index in [0.717, 1.165) is 5.69 Å². The fourth-order valence-electron chi connectivity index (χ4n) is 1.75. The number of hydrogen-bond donors (Lipinski definition) is 3. The smallest absolute Gasteiger partial charge is 0.210 e. The van der Waals surface area contributed by atoms with Crippen molar-refractivity contribution in [2.24, 2.45) is 10.1 Å². The van der Waals surface area contributed by atoms with Gasteiger partial charge in [-0.3, -0.25) is 4.99 Å². The molecule has 1 rings (SSSR count). The van der Waals surface area contributed by atoms with Gasteiger partial charge in [-0.1, -0.05) is 0 Å². The second kappa shape index (κ2) is 11.3. The minimum absolute atomic E-state index is 0. The van der Waals surface area contributed by atoms with Crippen LogP contribution in [0.4, 0.5) is 5.69 Å². The molecule has 0 saturated carbocycles. The minimum atomic E-state index is -3.53. The normalized spacial score (nSPS) is 11.4. The molecule has 0 aliphatic carbocycles. The first-order valence-electron chi connectivity index (χ1n) is 7.26. The zero-order valence-electron chi connectivity index (χ0n) is 14.0. The van der Waals surface area contributed by atoms with E-state index in [4.69, 9.17) is 14.6 Å². The van der Waals surface area contributed by atoms with Crippen molar-refractivity contribution >= 4 is 45.6 Å². The molecular formula is C14H25IN4O4S. The van der Waals surface area contributed by atoms with Gasteiger partial charge in [0.25, 0.3) is 0 Å². The Morgan fingerprint density at radius 1 is 1.29 bits per heavy atom. The van der Waals surface area contributed by atoms with Crippen LogP contribution in [0.3, 0.4) is 0 Å². The fraction of sp³-hybridized carbons (Fsp3) is 0.500. The number of aliphatic imine (C=N–C) groups is 1. The van der Waals surface area contributed by atoms with Crippen LogP contribution >= 0.6 is 24.0 Å². The third-order valence-electron chi connectivity index (χ3n) is 2.72. The maximum Gasteiger partial charge on any atom is 0.210 e. The van der Waals surface area contributed by atoms with E-state index in [9.17, 15) is 8.42 Å². The van der Waals surface area contributed by atoms with Gasteiger partial charge in [-0.2, -0.15) is 0 Å². The molecule has 4 N–H and O–H groups in total. The Balaban J connectivity index is 0.00000529. The highest BCUT2D eigenvalue weighted by Gasteiger charge is 2.07. The van der Waals surface area contributed by atoms with E-state index in [1.54, 1.807) is 19.2 Å². The Kier molecular flexibility index (Phi) is 10.7. The molecule has 0 spiro atoms. The second-order valence-electron chi connectivity index (χ2n) is 4.55. The first-order chi connectivity index (χ1) is 10.9. The number of guanidine groups is 1. The van der Waals surface area contributed by atoms with Crippen molar-refractivity contribution in [2.75, 3.05) is 37.9 Å². The first-order valence-corrected chi connectivity index (χ1v) is 8.97. The first kappa shape index (κ1) is 22.7. The molecule has 0 amide bonds. The van der Waals surface area contributed by atoms with Gasteiger partial charge in [0.2, 0.25) is 10.0 Å². The number of hydrogen-bond acceptors (Lipinski definition) is 5. The molecule has 1 aromatic carbocycles. The number of halogens is 1. The number of benzene rings is 1. The van der Waals surface area contributed by atoms with Crippen molar-refractivity contribution in [1.82, 2.24) is 5.32 Å². The monoisotopic (exact) mass is 472 g/mol. The predicted molar refractivity (Wildman–Crippen MR) is 107 cm³/mol. The number of methoxy groups -OCH3 is 1. The standard InChI is InChI=1S/C14H24N4O4S.HI/c1-4-16-14(17-8-9-23(15,19)20)18-11-6-7-12(21-3)13(10-11)22-5-2;/h6-7,10H,4-5,8-9H2,1-3H3,(H2,15,19,20)(H2,16,17,18);1H. The summed E-state index contributed by atoms with van der Waals surface area (Å²) in [5.74, 6) is 1.49. The van der Waals surface area contributed by atoms with Crippen LogP contribution in [0.25, 0.3) is 0 Å². The van der Waals surface area contributed by atoms with Gasteiger partial charge in [0.1, 0.15) is 0 Å². The number of nitrogens with zero attached hydrogens (tertiary/aromatic N) is 1. The van der Waals surface area contributed by atoms with Gasteiger partial charge >= 0.3 is 0 Å². The molecule has 24 heavy (non-hydrogen) atoms. The SMILES string of the molecule is CCNC(=NCCS(N)(=O)=O)Nc1ccc(OC)c(OCC)c1.I. The van der Waals surface area contributed by atoms with Gasteiger partial charge in [-0.25, -0.2) is 13.6 Å². The zero-order chi connectivity index (χ0) is 17.3. The molecule has 138 valence electrons. The average molecular weight is 472 g/mol. The molecular weight excluding hydrogens is 447 g/mol. The quantitative estimate of drug-likeness (QED) is 0.299. The highest BCUT2D eigenvalue weighted by Crippen LogP contribution is 2.30. The van der Waals surface area contributed by atoms with E-state index >= 15 is 0 Å². The Morgan fingerprint density at radius 2 is 2.00 bits per heavy atom. The van der Waals surface area contributed by atoms with Crippen LogP contribution in [-0.2, 0) is 10.0 Å². The predicted octanol–water partition coefficient (Wildman–Crippen LogP) is 1.38. The second-order valence-corrected chi connectivity index (χ2v) is 6.29. The van der Waals surface area contributed by atoms with Gasteiger partial charge in [-0.05, 0) is 26.0 Å². The molecule has 0 aromatic heterocycles. The van der Waals surface area contributed by atoms with Crippen LogP contribution in [0.2, 0.25) is 0 Å². The number of rotatable bonds is 8. The van der Waals surface area contributed by atoms with Crippen LogP contribution < -0.4 is 25.2 Å². The van der Waals surface area contributed by atoms with Crippen molar-refractivity contribution in [3.63, 3.8) is 0 Å². The molecule has 0 saturated heterocycles. The Bertz CT molecular complexity index is 638. The molecule has 0 fully saturated rings. The summed E-state index contributed by atoms with van der Waals surface area (Å²) in [6.45, 7) is 5.02. The fourth-order valence-corrected chi connectivity index (χ4v) is 2.10. The van der Waals surface area contributed by atoms with E-state index in [1.807, 2.05) is 19.9 Å². The Labute approximate surface area is 160 Å². The molecule has 0 heterocycles. The average Bonchev–Trinajstić information content (AvgIpc) is 2.47. The number of ether oxygens (including phenoxy) is 2. The highest BCUT2D eigenvalue weighted by atomic mass is 127. The molecule has 1 aromatic rings. The molecule has 0 unspecified atom stereocenters. The lowest BCUT2D eigenvalue weighted by atomic mass is 10.2. The van der Waals surface area contributed by atoms with Gasteiger partial charge in [0, 0.05) is 18.3 Å². The third-order valence-corrected chi connectivity index (χ3v) is 3.47. The third kappa shape index (κ3) is 8.55. The molecule has 0 aliphatic rings. The topological polar surface area (TPSA) is 115 Å². The summed E-state index contributed by atoms with van der Waals surface area (Å²) in [7, 11) is -1.96. The van der Waals surface area contributed by atoms with Crippen LogP contribution in [0.5, 0.6) is 11.5 Å². The summed E-state index contributed by atoms with van der Waals surface area (Å²) in [6.07, 6.45) is 0. The maximum absolute atomic E-state index is 11.0. The zero-order valence-corrected chi connectivity index (χ0v) is 17.2. The molecule has 0 radical (unpaired) electrons. The van der Waals surface area contributed by atoms with Crippen molar-refractivity contribution < 1.29 is 17.9 Å². The van der Waals surface area contributed by atoms with Gasteiger partial charge in [-0.15, -0.1) is 24.0 Å². The number of anilines is 1. The summed E-state index contributed by atoms with van der Waals surface area (Å²) in [5, 5.41) is 11.1. The molecule has 8 nitrogen and oxygen atoms in total. The molecule has 0 atom stereocenters. The number of nitrogens with two attached hydrogens (primary N) is 1. The van der Waals surface area contributed by atoms with E-state index in [-0.39, 0.29) is 36.3 Å². The van der Waals surface area contributed by atoms with Crippen molar-refractivity contribution in [3.05, 3.63) is 18.2 Å².